The molecule has 0 fully saturated rings. The Morgan fingerprint density at radius 1 is 1.75 bits per heavy atom. The van der Waals surface area contributed by atoms with Crippen LogP contribution in [0.1, 0.15) is 0 Å². The smallest absolute Gasteiger partial charge is 0.375 e. The van der Waals surface area contributed by atoms with Gasteiger partial charge in [-0.1, -0.05) is 0 Å². The van der Waals surface area contributed by atoms with Crippen LogP contribution in [0.3, 0.4) is 0 Å². The molecule has 0 aliphatic heterocycles. The third-order valence-corrected chi connectivity index (χ3v) is 0.144. The van der Waals surface area contributed by atoms with Crippen LogP contribution in [0.25, 0.3) is 0 Å². The first-order chi connectivity index (χ1) is 1.91. The number of hydrogen-bond acceptors (Lipinski definition) is 2. The van der Waals surface area contributed by atoms with Gasteiger partial charge in [-0.05, 0) is 0 Å². The van der Waals surface area contributed by atoms with Gasteiger partial charge in [-0.2, -0.15) is 0 Å². The highest BCUT2D eigenvalue weighted by Gasteiger charge is 1.56. The summed E-state index contributed by atoms with van der Waals surface area (Å²) in [5.74, 6) is 0.347. The van der Waals surface area contributed by atoms with Crippen LogP contribution < -0.4 is 0 Å². The molecule has 1 radical (unpaired) electrons. The monoisotopic (exact) mass is 73.0 g/mol. The zero-order valence-electron chi connectivity index (χ0n) is 1.89. The Morgan fingerprint density at radius 3 is 2.00 bits per heavy atom. The van der Waals surface area contributed by atoms with Crippen LogP contribution in [0, 0.1) is 0 Å². The second-order valence-corrected chi connectivity index (χ2v) is 0.707. The molecule has 0 spiro atoms. The zero-order chi connectivity index (χ0) is 3.41. The van der Waals surface area contributed by atoms with Gasteiger partial charge in [0.15, 0.2) is 5.91 Å². The largest absolute Gasteiger partial charge is 0.401 e. The predicted octanol–water partition coefficient (Wildman–Crippen LogP) is -0.774. The van der Waals surface area contributed by atoms with Crippen molar-refractivity contribution >= 4 is 15.3 Å². The van der Waals surface area contributed by atoms with Crippen LogP contribution in [-0.4, -0.2) is 15.3 Å². The van der Waals surface area contributed by atoms with Gasteiger partial charge >= 0.3 is 9.41 Å². The zero-order valence-corrected chi connectivity index (χ0v) is 2.89. The Bertz CT molecular complexity index is 27.0. The summed E-state index contributed by atoms with van der Waals surface area (Å²) in [5, 5.41) is 0. The second-order valence-electron chi connectivity index (χ2n) is 0.236. The molecular formula is CHO2Si. The maximum Gasteiger partial charge on any atom is 0.401 e. The van der Waals surface area contributed by atoms with Gasteiger partial charge in [-0.3, -0.25) is 0 Å². The summed E-state index contributed by atoms with van der Waals surface area (Å²) in [5.41, 5.74) is 0. The lowest BCUT2D eigenvalue weighted by Crippen LogP contribution is -1.66. The van der Waals surface area contributed by atoms with Crippen LogP contribution in [0.2, 0.25) is 0 Å². The molecule has 21 valence electrons. The van der Waals surface area contributed by atoms with Gasteiger partial charge < -0.3 is 9.26 Å². The van der Waals surface area contributed by atoms with Crippen molar-refractivity contribution < 1.29 is 9.26 Å². The van der Waals surface area contributed by atoms with Gasteiger partial charge in [0.05, 0.1) is 0 Å². The molecule has 4 heavy (non-hydrogen) atoms. The first-order valence-corrected chi connectivity index (χ1v) is 1.71. The lowest BCUT2D eigenvalue weighted by molar-refractivity contribution is 0.553. The highest BCUT2D eigenvalue weighted by atomic mass is 28.2. The summed E-state index contributed by atoms with van der Waals surface area (Å²) in [6, 6.07) is 0. The van der Waals surface area contributed by atoms with Crippen molar-refractivity contribution in [1.29, 1.82) is 0 Å². The van der Waals surface area contributed by atoms with Crippen molar-refractivity contribution in [1.82, 2.24) is 0 Å². The van der Waals surface area contributed by atoms with Crippen molar-refractivity contribution in [3.05, 3.63) is 0 Å². The molecule has 0 rings (SSSR count). The maximum absolute atomic E-state index is 8.96. The number of carbonyl (C=O) groups excluding carboxylic acids is 1. The summed E-state index contributed by atoms with van der Waals surface area (Å²) >= 11 is 0. The molecule has 0 aromatic rings. The van der Waals surface area contributed by atoms with Gasteiger partial charge in [-0.15, -0.1) is 0 Å². The van der Waals surface area contributed by atoms with E-state index in [1.165, 1.54) is 0 Å². The minimum absolute atomic E-state index is 0.347. The van der Waals surface area contributed by atoms with Crippen LogP contribution >= 0.6 is 0 Å². The number of carbonyl (C=O) groups is 1. The highest BCUT2D eigenvalue weighted by molar-refractivity contribution is 6.53. The van der Waals surface area contributed by atoms with Crippen LogP contribution in [0.5, 0.6) is 0 Å². The Hall–Kier alpha value is -0.313. The van der Waals surface area contributed by atoms with Gasteiger partial charge in [0.2, 0.25) is 0 Å². The van der Waals surface area contributed by atoms with Crippen molar-refractivity contribution in [2.75, 3.05) is 0 Å². The molecule has 0 aromatic heterocycles. The van der Waals surface area contributed by atoms with E-state index in [1.807, 2.05) is 0 Å². The van der Waals surface area contributed by atoms with E-state index in [9.17, 15) is 0 Å². The van der Waals surface area contributed by atoms with E-state index in [2.05, 4.69) is 0 Å². The molecule has 0 saturated carbocycles. The van der Waals surface area contributed by atoms with Crippen molar-refractivity contribution in [3.63, 3.8) is 0 Å². The number of rotatable bonds is 1. The second kappa shape index (κ2) is 2.69. The Kier molecular flexibility index (Phi) is 2.48. The minimum atomic E-state index is -0.790. The van der Waals surface area contributed by atoms with Gasteiger partial charge in [-0.25, -0.2) is 0 Å². The standard InChI is InChI=1S/CHO2Si/c2-1-4-3/h1H. The van der Waals surface area contributed by atoms with Crippen LogP contribution in [-0.2, 0) is 9.26 Å². The maximum atomic E-state index is 8.96. The SMILES string of the molecule is O=C[Si]=O. The highest BCUT2D eigenvalue weighted by Crippen LogP contribution is 1.09. The molecular weight excluding hydrogens is 72.1 g/mol. The van der Waals surface area contributed by atoms with E-state index in [4.69, 9.17) is 9.26 Å². The van der Waals surface area contributed by atoms with E-state index in [1.54, 1.807) is 0 Å². The number of hydrogen-bond donors (Lipinski definition) is 0. The van der Waals surface area contributed by atoms with E-state index >= 15 is 0 Å². The normalized spacial score (nSPS) is 5.00. The fraction of sp³-hybridized carbons (Fsp3) is 0. The summed E-state index contributed by atoms with van der Waals surface area (Å²) in [4.78, 5) is 8.87. The molecule has 0 bridgehead atoms. The van der Waals surface area contributed by atoms with Crippen LogP contribution in [0.4, 0.5) is 0 Å². The third kappa shape index (κ3) is 1.69. The molecule has 0 N–H and O–H groups in total. The van der Waals surface area contributed by atoms with E-state index in [-0.39, 0.29) is 0 Å². The topological polar surface area (TPSA) is 34.1 Å². The lowest BCUT2D eigenvalue weighted by atomic mass is 11.8. The molecule has 0 aliphatic carbocycles. The molecule has 0 amide bonds. The molecule has 0 saturated heterocycles. The Labute approximate surface area is 25.7 Å². The molecule has 2 nitrogen and oxygen atoms in total. The van der Waals surface area contributed by atoms with E-state index in [0.717, 1.165) is 0 Å². The summed E-state index contributed by atoms with van der Waals surface area (Å²) < 4.78 is 8.96. The molecule has 0 aromatic carbocycles. The average Bonchev–Trinajstić information content (AvgIpc) is 1.37. The third-order valence-electron chi connectivity index (χ3n) is 0.0481. The molecule has 0 atom stereocenters. The Morgan fingerprint density at radius 2 is 2.00 bits per heavy atom. The quantitative estimate of drug-likeness (QED) is 0.301. The fourth-order valence-corrected chi connectivity index (χ4v) is 0. The van der Waals surface area contributed by atoms with E-state index in [0.29, 0.717) is 5.91 Å². The van der Waals surface area contributed by atoms with Gasteiger partial charge in [0.1, 0.15) is 0 Å². The molecule has 0 heterocycles. The lowest BCUT2D eigenvalue weighted by Gasteiger charge is -1.26. The molecule has 3 heteroatoms. The average molecular weight is 73.1 g/mol. The van der Waals surface area contributed by atoms with Crippen molar-refractivity contribution in [2.45, 2.75) is 0 Å². The van der Waals surface area contributed by atoms with Gasteiger partial charge in [0, 0.05) is 0 Å². The first kappa shape index (κ1) is 3.69. The van der Waals surface area contributed by atoms with Crippen molar-refractivity contribution in [2.24, 2.45) is 0 Å². The summed E-state index contributed by atoms with van der Waals surface area (Å²) in [6.07, 6.45) is 0. The first-order valence-electron chi connectivity index (χ1n) is 0.729. The molecule has 0 unspecified atom stereocenters. The Balaban J connectivity index is 2.73. The fourth-order valence-electron chi connectivity index (χ4n) is 0. The van der Waals surface area contributed by atoms with Crippen molar-refractivity contribution in [3.8, 4) is 0 Å². The summed E-state index contributed by atoms with van der Waals surface area (Å²) in [6.45, 7) is 0. The minimum Gasteiger partial charge on any atom is -0.375 e. The van der Waals surface area contributed by atoms with Crippen LogP contribution in [0.15, 0.2) is 0 Å². The molecule has 0 aliphatic rings. The predicted molar refractivity (Wildman–Crippen MR) is 13.2 cm³/mol. The summed E-state index contributed by atoms with van der Waals surface area (Å²) in [7, 11) is -0.790. The van der Waals surface area contributed by atoms with E-state index < -0.39 is 9.41 Å². The van der Waals surface area contributed by atoms with Gasteiger partial charge in [0.25, 0.3) is 0 Å².